The van der Waals surface area contributed by atoms with E-state index < -0.39 is 0 Å². The Balaban J connectivity index is 1.76. The Morgan fingerprint density at radius 2 is 1.83 bits per heavy atom. The second-order valence-electron chi connectivity index (χ2n) is 5.65. The number of nitrogens with one attached hydrogen (secondary N) is 1. The van der Waals surface area contributed by atoms with Gasteiger partial charge in [0.15, 0.2) is 0 Å². The minimum absolute atomic E-state index is 0.630. The maximum atomic E-state index is 3.82. The molecule has 1 saturated heterocycles. The van der Waals surface area contributed by atoms with Crippen molar-refractivity contribution in [2.45, 2.75) is 51.0 Å². The molecule has 0 amide bonds. The normalized spacial score (nSPS) is 41.2. The molecule has 2 spiro atoms. The van der Waals surface area contributed by atoms with E-state index in [1.54, 1.807) is 0 Å². The summed E-state index contributed by atoms with van der Waals surface area (Å²) in [5, 5.41) is 3.82. The Labute approximate surface area is 74.9 Å². The average Bonchev–Trinajstić information content (AvgIpc) is 2.86. The van der Waals surface area contributed by atoms with Gasteiger partial charge in [-0.2, -0.15) is 0 Å². The van der Waals surface area contributed by atoms with Gasteiger partial charge in [0.1, 0.15) is 0 Å². The Hall–Kier alpha value is -0.0400. The molecule has 0 aromatic carbocycles. The van der Waals surface area contributed by atoms with Crippen molar-refractivity contribution in [2.24, 2.45) is 11.3 Å². The molecule has 12 heavy (non-hydrogen) atoms. The van der Waals surface area contributed by atoms with Crippen LogP contribution in [-0.4, -0.2) is 12.1 Å². The van der Waals surface area contributed by atoms with Crippen LogP contribution in [0.25, 0.3) is 0 Å². The Bertz CT molecular complexity index is 179. The Kier molecular flexibility index (Phi) is 1.27. The second kappa shape index (κ2) is 2.06. The molecule has 1 aliphatic heterocycles. The minimum Gasteiger partial charge on any atom is -0.311 e. The van der Waals surface area contributed by atoms with E-state index in [1.807, 2.05) is 0 Å². The smallest absolute Gasteiger partial charge is 0.0185 e. The van der Waals surface area contributed by atoms with E-state index in [0.717, 1.165) is 11.3 Å². The van der Waals surface area contributed by atoms with Gasteiger partial charge in [0.2, 0.25) is 0 Å². The van der Waals surface area contributed by atoms with Gasteiger partial charge in [0.05, 0.1) is 0 Å². The largest absolute Gasteiger partial charge is 0.311 e. The third-order valence-corrected chi connectivity index (χ3v) is 4.17. The lowest BCUT2D eigenvalue weighted by Gasteiger charge is -2.15. The quantitative estimate of drug-likeness (QED) is 0.581. The van der Waals surface area contributed by atoms with Gasteiger partial charge < -0.3 is 5.32 Å². The average molecular weight is 165 g/mol. The first-order chi connectivity index (χ1) is 5.72. The van der Waals surface area contributed by atoms with E-state index in [4.69, 9.17) is 0 Å². The summed E-state index contributed by atoms with van der Waals surface area (Å²) < 4.78 is 0. The van der Waals surface area contributed by atoms with Gasteiger partial charge in [-0.3, -0.25) is 0 Å². The van der Waals surface area contributed by atoms with Crippen molar-refractivity contribution in [3.8, 4) is 0 Å². The predicted molar refractivity (Wildman–Crippen MR) is 50.0 cm³/mol. The van der Waals surface area contributed by atoms with Crippen LogP contribution in [0, 0.1) is 11.3 Å². The van der Waals surface area contributed by atoms with Crippen molar-refractivity contribution in [2.75, 3.05) is 6.54 Å². The molecule has 0 aromatic heterocycles. The highest BCUT2D eigenvalue weighted by atomic mass is 15.0. The van der Waals surface area contributed by atoms with Gasteiger partial charge in [0.25, 0.3) is 0 Å². The molecule has 3 rings (SSSR count). The summed E-state index contributed by atoms with van der Waals surface area (Å²) >= 11 is 0. The zero-order valence-corrected chi connectivity index (χ0v) is 8.03. The maximum absolute atomic E-state index is 3.82. The lowest BCUT2D eigenvalue weighted by atomic mass is 9.91. The number of rotatable bonds is 0. The fraction of sp³-hybridized carbons (Fsp3) is 1.00. The summed E-state index contributed by atoms with van der Waals surface area (Å²) in [6.45, 7) is 3.78. The molecule has 3 aliphatic rings. The summed E-state index contributed by atoms with van der Waals surface area (Å²) in [6.07, 6.45) is 8.86. The van der Waals surface area contributed by atoms with Crippen LogP contribution in [-0.2, 0) is 0 Å². The van der Waals surface area contributed by atoms with Gasteiger partial charge in [-0.05, 0) is 49.9 Å². The van der Waals surface area contributed by atoms with Gasteiger partial charge in [-0.1, -0.05) is 6.92 Å². The summed E-state index contributed by atoms with van der Waals surface area (Å²) in [6, 6.07) is 0. The van der Waals surface area contributed by atoms with Crippen LogP contribution in [0.2, 0.25) is 0 Å². The van der Waals surface area contributed by atoms with Crippen LogP contribution >= 0.6 is 0 Å². The van der Waals surface area contributed by atoms with Gasteiger partial charge >= 0.3 is 0 Å². The molecule has 1 atom stereocenters. The Morgan fingerprint density at radius 3 is 2.42 bits per heavy atom. The van der Waals surface area contributed by atoms with E-state index in [2.05, 4.69) is 12.2 Å². The van der Waals surface area contributed by atoms with Crippen molar-refractivity contribution in [1.29, 1.82) is 0 Å². The molecule has 2 saturated carbocycles. The second-order valence-corrected chi connectivity index (χ2v) is 5.65. The summed E-state index contributed by atoms with van der Waals surface area (Å²) in [7, 11) is 0. The molecule has 1 heterocycles. The van der Waals surface area contributed by atoms with Crippen molar-refractivity contribution < 1.29 is 0 Å². The van der Waals surface area contributed by atoms with Crippen molar-refractivity contribution in [3.63, 3.8) is 0 Å². The summed E-state index contributed by atoms with van der Waals surface area (Å²) in [4.78, 5) is 0. The van der Waals surface area contributed by atoms with E-state index in [1.165, 1.54) is 45.1 Å². The molecular formula is C11H19N. The molecule has 0 aromatic rings. The molecule has 1 heteroatoms. The molecule has 2 aliphatic carbocycles. The molecule has 1 unspecified atom stereocenters. The molecule has 1 nitrogen and oxygen atoms in total. The summed E-state index contributed by atoms with van der Waals surface area (Å²) in [5.41, 5.74) is 1.40. The molecule has 68 valence electrons. The van der Waals surface area contributed by atoms with Crippen LogP contribution in [0.1, 0.15) is 45.4 Å². The highest BCUT2D eigenvalue weighted by Crippen LogP contribution is 2.55. The first-order valence-corrected chi connectivity index (χ1v) is 5.47. The first kappa shape index (κ1) is 7.37. The fourth-order valence-corrected chi connectivity index (χ4v) is 3.09. The minimum atomic E-state index is 0.630. The summed E-state index contributed by atoms with van der Waals surface area (Å²) in [5.74, 6) is 0.977. The standard InChI is InChI=1S/C11H19N/c1-9-6-10(2-3-10)8-12-11(7-9)4-5-11/h9,12H,2-8H2,1H3. The van der Waals surface area contributed by atoms with Gasteiger partial charge in [-0.25, -0.2) is 0 Å². The molecule has 0 bridgehead atoms. The van der Waals surface area contributed by atoms with Crippen molar-refractivity contribution in [1.82, 2.24) is 5.32 Å². The zero-order valence-electron chi connectivity index (χ0n) is 8.03. The van der Waals surface area contributed by atoms with E-state index in [0.29, 0.717) is 5.54 Å². The first-order valence-electron chi connectivity index (χ1n) is 5.47. The number of hydrogen-bond donors (Lipinski definition) is 1. The van der Waals surface area contributed by atoms with Gasteiger partial charge in [-0.15, -0.1) is 0 Å². The van der Waals surface area contributed by atoms with Crippen LogP contribution < -0.4 is 5.32 Å². The third kappa shape index (κ3) is 1.10. The maximum Gasteiger partial charge on any atom is 0.0185 e. The van der Waals surface area contributed by atoms with Crippen LogP contribution in [0.4, 0.5) is 0 Å². The zero-order chi connectivity index (χ0) is 8.23. The highest BCUT2D eigenvalue weighted by molar-refractivity contribution is 5.09. The fourth-order valence-electron chi connectivity index (χ4n) is 3.09. The monoisotopic (exact) mass is 165 g/mol. The number of hydrogen-bond acceptors (Lipinski definition) is 1. The van der Waals surface area contributed by atoms with Crippen LogP contribution in [0.15, 0.2) is 0 Å². The molecular weight excluding hydrogens is 146 g/mol. The topological polar surface area (TPSA) is 12.0 Å². The van der Waals surface area contributed by atoms with E-state index in [-0.39, 0.29) is 0 Å². The Morgan fingerprint density at radius 1 is 1.08 bits per heavy atom. The highest BCUT2D eigenvalue weighted by Gasteiger charge is 2.52. The third-order valence-electron chi connectivity index (χ3n) is 4.17. The SMILES string of the molecule is CC1CC2(CC2)CNC2(CC2)C1. The lowest BCUT2D eigenvalue weighted by Crippen LogP contribution is -2.33. The molecule has 3 fully saturated rings. The van der Waals surface area contributed by atoms with Crippen LogP contribution in [0.5, 0.6) is 0 Å². The molecule has 1 N–H and O–H groups in total. The van der Waals surface area contributed by atoms with Crippen molar-refractivity contribution in [3.05, 3.63) is 0 Å². The van der Waals surface area contributed by atoms with Crippen LogP contribution in [0.3, 0.4) is 0 Å². The van der Waals surface area contributed by atoms with Gasteiger partial charge in [0, 0.05) is 12.1 Å². The van der Waals surface area contributed by atoms with E-state index in [9.17, 15) is 0 Å². The lowest BCUT2D eigenvalue weighted by molar-refractivity contribution is 0.390. The van der Waals surface area contributed by atoms with E-state index >= 15 is 0 Å². The molecule has 0 radical (unpaired) electrons. The predicted octanol–water partition coefficient (Wildman–Crippen LogP) is 2.32. The van der Waals surface area contributed by atoms with Crippen molar-refractivity contribution >= 4 is 0 Å².